The molecule has 0 radical (unpaired) electrons. The van der Waals surface area contributed by atoms with Crippen LogP contribution in [-0.4, -0.2) is 11.9 Å². The Morgan fingerprint density at radius 2 is 1.83 bits per heavy atom. The van der Waals surface area contributed by atoms with Crippen molar-refractivity contribution < 1.29 is 9.53 Å². The highest BCUT2D eigenvalue weighted by Gasteiger charge is 2.11. The van der Waals surface area contributed by atoms with Gasteiger partial charge in [0.2, 0.25) is 0 Å². The van der Waals surface area contributed by atoms with Gasteiger partial charge in [0.25, 0.3) is 5.91 Å². The fraction of sp³-hybridized carbons (Fsp3) is 0.200. The Labute approximate surface area is 142 Å². The lowest BCUT2D eigenvalue weighted by molar-refractivity contribution is -0.117. The standard InChI is InChI=1S/C20H20N2O2/c1-15(2)22-20(23)18(13-21)12-17-10-6-7-11-19(17)24-14-16-8-4-3-5-9-16/h3-12,15H,14H2,1-2H3,(H,22,23)/b18-12-. The largest absolute Gasteiger partial charge is 0.488 e. The molecule has 24 heavy (non-hydrogen) atoms. The summed E-state index contributed by atoms with van der Waals surface area (Å²) in [5.41, 5.74) is 1.80. The lowest BCUT2D eigenvalue weighted by Crippen LogP contribution is -2.30. The van der Waals surface area contributed by atoms with Crippen molar-refractivity contribution in [1.82, 2.24) is 5.32 Å². The number of para-hydroxylation sites is 1. The van der Waals surface area contributed by atoms with Crippen LogP contribution in [-0.2, 0) is 11.4 Å². The van der Waals surface area contributed by atoms with Crippen molar-refractivity contribution >= 4 is 12.0 Å². The Kier molecular flexibility index (Phi) is 6.16. The van der Waals surface area contributed by atoms with E-state index in [-0.39, 0.29) is 17.5 Å². The molecule has 0 fully saturated rings. The summed E-state index contributed by atoms with van der Waals surface area (Å²) in [5, 5.41) is 12.0. The SMILES string of the molecule is CC(C)NC(=O)/C(C#N)=C\c1ccccc1OCc1ccccc1. The molecule has 0 saturated carbocycles. The molecule has 0 unspecified atom stereocenters. The van der Waals surface area contributed by atoms with Crippen LogP contribution in [0, 0.1) is 11.3 Å². The van der Waals surface area contributed by atoms with Crippen LogP contribution in [0.2, 0.25) is 0 Å². The van der Waals surface area contributed by atoms with Crippen molar-refractivity contribution in [1.29, 1.82) is 5.26 Å². The molecule has 0 atom stereocenters. The van der Waals surface area contributed by atoms with E-state index in [1.807, 2.05) is 74.5 Å². The number of rotatable bonds is 6. The molecule has 1 N–H and O–H groups in total. The molecule has 2 aromatic carbocycles. The lowest BCUT2D eigenvalue weighted by atomic mass is 10.1. The molecule has 0 spiro atoms. The van der Waals surface area contributed by atoms with Gasteiger partial charge in [-0.05, 0) is 31.6 Å². The van der Waals surface area contributed by atoms with Gasteiger partial charge in [-0.15, -0.1) is 0 Å². The van der Waals surface area contributed by atoms with Gasteiger partial charge < -0.3 is 10.1 Å². The second-order valence-corrected chi connectivity index (χ2v) is 5.61. The Hall–Kier alpha value is -3.06. The van der Waals surface area contributed by atoms with Crippen molar-refractivity contribution in [2.24, 2.45) is 0 Å². The highest BCUT2D eigenvalue weighted by molar-refractivity contribution is 6.02. The van der Waals surface area contributed by atoms with Crippen molar-refractivity contribution in [3.8, 4) is 11.8 Å². The van der Waals surface area contributed by atoms with Crippen LogP contribution >= 0.6 is 0 Å². The van der Waals surface area contributed by atoms with E-state index in [1.165, 1.54) is 0 Å². The van der Waals surface area contributed by atoms with Gasteiger partial charge >= 0.3 is 0 Å². The molecule has 0 aromatic heterocycles. The minimum atomic E-state index is -0.384. The van der Waals surface area contributed by atoms with Crippen LogP contribution < -0.4 is 10.1 Å². The Bertz CT molecular complexity index is 759. The Balaban J connectivity index is 2.19. The van der Waals surface area contributed by atoms with E-state index in [9.17, 15) is 10.1 Å². The van der Waals surface area contributed by atoms with Crippen LogP contribution in [0.4, 0.5) is 0 Å². The number of carbonyl (C=O) groups excluding carboxylic acids is 1. The number of ether oxygens (including phenoxy) is 1. The van der Waals surface area contributed by atoms with E-state index in [0.29, 0.717) is 17.9 Å². The summed E-state index contributed by atoms with van der Waals surface area (Å²) in [6.07, 6.45) is 1.55. The molecule has 0 aliphatic heterocycles. The van der Waals surface area contributed by atoms with Crippen molar-refractivity contribution in [3.63, 3.8) is 0 Å². The fourth-order valence-electron chi connectivity index (χ4n) is 2.11. The molecule has 4 nitrogen and oxygen atoms in total. The average Bonchev–Trinajstić information content (AvgIpc) is 2.59. The predicted octanol–water partition coefficient (Wildman–Crippen LogP) is 3.70. The number of nitriles is 1. The van der Waals surface area contributed by atoms with Crippen molar-refractivity contribution in [2.45, 2.75) is 26.5 Å². The maximum Gasteiger partial charge on any atom is 0.262 e. The topological polar surface area (TPSA) is 62.1 Å². The Morgan fingerprint density at radius 3 is 2.50 bits per heavy atom. The zero-order valence-electron chi connectivity index (χ0n) is 13.8. The molecule has 2 rings (SSSR count). The van der Waals surface area contributed by atoms with E-state index in [1.54, 1.807) is 6.08 Å². The first-order valence-corrected chi connectivity index (χ1v) is 7.78. The lowest BCUT2D eigenvalue weighted by Gasteiger charge is -2.10. The maximum absolute atomic E-state index is 12.0. The number of hydrogen-bond acceptors (Lipinski definition) is 3. The summed E-state index contributed by atoms with van der Waals surface area (Å²) in [4.78, 5) is 12.0. The zero-order chi connectivity index (χ0) is 17.4. The molecule has 4 heteroatoms. The summed E-state index contributed by atoms with van der Waals surface area (Å²) in [6, 6.07) is 19.1. The van der Waals surface area contributed by atoms with Crippen molar-refractivity contribution in [3.05, 3.63) is 71.3 Å². The smallest absolute Gasteiger partial charge is 0.262 e. The summed E-state index contributed by atoms with van der Waals surface area (Å²) in [5.74, 6) is 0.247. The highest BCUT2D eigenvalue weighted by atomic mass is 16.5. The van der Waals surface area contributed by atoms with Crippen molar-refractivity contribution in [2.75, 3.05) is 0 Å². The summed E-state index contributed by atoms with van der Waals surface area (Å²) in [7, 11) is 0. The molecule has 2 aromatic rings. The van der Waals surface area contributed by atoms with Gasteiger partial charge in [0.05, 0.1) is 0 Å². The van der Waals surface area contributed by atoms with Gasteiger partial charge in [0.1, 0.15) is 24.0 Å². The van der Waals surface area contributed by atoms with Gasteiger partial charge in [-0.3, -0.25) is 4.79 Å². The van der Waals surface area contributed by atoms with Crippen LogP contribution in [0.1, 0.15) is 25.0 Å². The number of amides is 1. The van der Waals surface area contributed by atoms with Crippen LogP contribution in [0.15, 0.2) is 60.2 Å². The predicted molar refractivity (Wildman–Crippen MR) is 94.1 cm³/mol. The van der Waals surface area contributed by atoms with E-state index in [0.717, 1.165) is 5.56 Å². The Morgan fingerprint density at radius 1 is 1.17 bits per heavy atom. The molecule has 1 amide bonds. The first-order valence-electron chi connectivity index (χ1n) is 7.78. The average molecular weight is 320 g/mol. The molecule has 0 saturated heterocycles. The second-order valence-electron chi connectivity index (χ2n) is 5.61. The number of carbonyl (C=O) groups is 1. The second kappa shape index (κ2) is 8.54. The molecular weight excluding hydrogens is 300 g/mol. The number of hydrogen-bond donors (Lipinski definition) is 1. The van der Waals surface area contributed by atoms with E-state index in [4.69, 9.17) is 4.74 Å². The molecule has 0 heterocycles. The number of nitrogens with one attached hydrogen (secondary N) is 1. The van der Waals surface area contributed by atoms with Crippen LogP contribution in [0.3, 0.4) is 0 Å². The first kappa shape index (κ1) is 17.3. The third-order valence-electron chi connectivity index (χ3n) is 3.24. The molecule has 122 valence electrons. The first-order chi connectivity index (χ1) is 11.6. The zero-order valence-corrected chi connectivity index (χ0v) is 13.8. The number of nitrogens with zero attached hydrogens (tertiary/aromatic N) is 1. The van der Waals surface area contributed by atoms with Crippen LogP contribution in [0.25, 0.3) is 6.08 Å². The minimum absolute atomic E-state index is 0.0289. The monoisotopic (exact) mass is 320 g/mol. The third-order valence-corrected chi connectivity index (χ3v) is 3.24. The van der Waals surface area contributed by atoms with Gasteiger partial charge in [0.15, 0.2) is 0 Å². The molecule has 0 aliphatic carbocycles. The summed E-state index contributed by atoms with van der Waals surface area (Å²) < 4.78 is 5.84. The van der Waals surface area contributed by atoms with Gasteiger partial charge in [0, 0.05) is 11.6 Å². The third kappa shape index (κ3) is 4.99. The minimum Gasteiger partial charge on any atom is -0.488 e. The molecule has 0 bridgehead atoms. The normalized spacial score (nSPS) is 11.0. The van der Waals surface area contributed by atoms with Gasteiger partial charge in [-0.2, -0.15) is 5.26 Å². The maximum atomic E-state index is 12.0. The van der Waals surface area contributed by atoms with E-state index >= 15 is 0 Å². The van der Waals surface area contributed by atoms with Crippen LogP contribution in [0.5, 0.6) is 5.75 Å². The summed E-state index contributed by atoms with van der Waals surface area (Å²) >= 11 is 0. The number of benzene rings is 2. The van der Waals surface area contributed by atoms with E-state index < -0.39 is 0 Å². The molecular formula is C20H20N2O2. The fourth-order valence-corrected chi connectivity index (χ4v) is 2.11. The van der Waals surface area contributed by atoms with E-state index in [2.05, 4.69) is 5.32 Å². The van der Waals surface area contributed by atoms with Gasteiger partial charge in [-0.25, -0.2) is 0 Å². The summed E-state index contributed by atoms with van der Waals surface area (Å²) in [6.45, 7) is 4.12. The van der Waals surface area contributed by atoms with Gasteiger partial charge in [-0.1, -0.05) is 48.5 Å². The molecule has 0 aliphatic rings. The highest BCUT2D eigenvalue weighted by Crippen LogP contribution is 2.22. The quantitative estimate of drug-likeness (QED) is 0.652.